The van der Waals surface area contributed by atoms with Crippen LogP contribution in [0, 0.1) is 0 Å². The van der Waals surface area contributed by atoms with Crippen LogP contribution in [0.15, 0.2) is 24.3 Å². The molecular weight excluding hydrogens is 212 g/mol. The fourth-order valence-electron chi connectivity index (χ4n) is 0.920. The first-order valence-corrected chi connectivity index (χ1v) is 4.52. The van der Waals surface area contributed by atoms with Crippen molar-refractivity contribution in [3.63, 3.8) is 0 Å². The molecule has 0 spiro atoms. The van der Waals surface area contributed by atoms with Gasteiger partial charge in [-0.15, -0.1) is 0 Å². The highest BCUT2D eigenvalue weighted by molar-refractivity contribution is 5.98. The minimum atomic E-state index is -1.21. The van der Waals surface area contributed by atoms with Crippen molar-refractivity contribution < 1.29 is 19.4 Å². The SMILES string of the molecule is Nc1ccc(C(=O)OC(=O)[C@@H](N)CO)cc1. The summed E-state index contributed by atoms with van der Waals surface area (Å²) >= 11 is 0. The van der Waals surface area contributed by atoms with E-state index >= 15 is 0 Å². The largest absolute Gasteiger partial charge is 0.399 e. The number of rotatable bonds is 3. The highest BCUT2D eigenvalue weighted by Crippen LogP contribution is 2.07. The molecule has 16 heavy (non-hydrogen) atoms. The van der Waals surface area contributed by atoms with Crippen molar-refractivity contribution >= 4 is 17.6 Å². The highest BCUT2D eigenvalue weighted by Gasteiger charge is 2.18. The van der Waals surface area contributed by atoms with Gasteiger partial charge in [-0.05, 0) is 24.3 Å². The molecule has 0 radical (unpaired) electrons. The molecule has 0 aliphatic carbocycles. The summed E-state index contributed by atoms with van der Waals surface area (Å²) in [4.78, 5) is 22.4. The van der Waals surface area contributed by atoms with Crippen molar-refractivity contribution in [2.75, 3.05) is 12.3 Å². The second kappa shape index (κ2) is 5.24. The van der Waals surface area contributed by atoms with Gasteiger partial charge in [0, 0.05) is 5.69 Å². The summed E-state index contributed by atoms with van der Waals surface area (Å²) in [6.07, 6.45) is 0. The van der Waals surface area contributed by atoms with Crippen LogP contribution in [0.1, 0.15) is 10.4 Å². The molecule has 0 unspecified atom stereocenters. The molecule has 0 aromatic heterocycles. The number of carbonyl (C=O) groups is 2. The number of anilines is 1. The predicted octanol–water partition coefficient (Wildman–Crippen LogP) is -0.728. The number of esters is 2. The maximum absolute atomic E-state index is 11.4. The van der Waals surface area contributed by atoms with E-state index in [1.54, 1.807) is 0 Å². The Morgan fingerprint density at radius 2 is 1.88 bits per heavy atom. The summed E-state index contributed by atoms with van der Waals surface area (Å²) in [6.45, 7) is -0.576. The zero-order valence-corrected chi connectivity index (χ0v) is 8.42. The van der Waals surface area contributed by atoms with Crippen molar-refractivity contribution in [1.29, 1.82) is 0 Å². The number of nitrogen functional groups attached to an aromatic ring is 1. The van der Waals surface area contributed by atoms with Gasteiger partial charge in [0.15, 0.2) is 0 Å². The molecule has 86 valence electrons. The minimum absolute atomic E-state index is 0.188. The van der Waals surface area contributed by atoms with Crippen molar-refractivity contribution in [3.05, 3.63) is 29.8 Å². The van der Waals surface area contributed by atoms with Crippen molar-refractivity contribution in [3.8, 4) is 0 Å². The maximum atomic E-state index is 11.4. The average Bonchev–Trinajstić information content (AvgIpc) is 2.28. The maximum Gasteiger partial charge on any atom is 0.345 e. The number of hydrogen-bond donors (Lipinski definition) is 3. The Bertz CT molecular complexity index is 388. The number of aliphatic hydroxyl groups is 1. The first-order chi connectivity index (χ1) is 7.54. The number of nitrogens with two attached hydrogens (primary N) is 2. The zero-order valence-electron chi connectivity index (χ0n) is 8.42. The van der Waals surface area contributed by atoms with E-state index < -0.39 is 24.6 Å². The first-order valence-electron chi connectivity index (χ1n) is 4.52. The van der Waals surface area contributed by atoms with Gasteiger partial charge < -0.3 is 21.3 Å². The molecule has 6 nitrogen and oxygen atoms in total. The Morgan fingerprint density at radius 1 is 1.31 bits per heavy atom. The Hall–Kier alpha value is -1.92. The van der Waals surface area contributed by atoms with Gasteiger partial charge in [-0.1, -0.05) is 0 Å². The van der Waals surface area contributed by atoms with Gasteiger partial charge in [-0.25, -0.2) is 9.59 Å². The predicted molar refractivity (Wildman–Crippen MR) is 56.3 cm³/mol. The summed E-state index contributed by atoms with van der Waals surface area (Å²) in [7, 11) is 0. The minimum Gasteiger partial charge on any atom is -0.399 e. The molecule has 1 atom stereocenters. The van der Waals surface area contributed by atoms with Gasteiger partial charge in [0.1, 0.15) is 6.04 Å². The molecule has 1 aromatic carbocycles. The molecule has 0 aliphatic rings. The van der Waals surface area contributed by atoms with Crippen molar-refractivity contribution in [2.45, 2.75) is 6.04 Å². The van der Waals surface area contributed by atoms with Gasteiger partial charge in [0.25, 0.3) is 0 Å². The van der Waals surface area contributed by atoms with E-state index in [2.05, 4.69) is 4.74 Å². The third kappa shape index (κ3) is 3.04. The molecule has 0 aliphatic heterocycles. The number of ether oxygens (including phenoxy) is 1. The standard InChI is InChI=1S/C10H12N2O4/c11-7-3-1-6(2-4-7)9(14)16-10(15)8(12)5-13/h1-4,8,13H,5,11-12H2/t8-/m0/s1. The Morgan fingerprint density at radius 3 is 2.38 bits per heavy atom. The highest BCUT2D eigenvalue weighted by atomic mass is 16.6. The molecule has 1 rings (SSSR count). The number of hydrogen-bond acceptors (Lipinski definition) is 6. The third-order valence-electron chi connectivity index (χ3n) is 1.84. The summed E-state index contributed by atoms with van der Waals surface area (Å²) in [6, 6.07) is 4.66. The fraction of sp³-hybridized carbons (Fsp3) is 0.200. The van der Waals surface area contributed by atoms with Crippen molar-refractivity contribution in [2.24, 2.45) is 5.73 Å². The molecule has 1 aromatic rings. The lowest BCUT2D eigenvalue weighted by Crippen LogP contribution is -2.36. The van der Waals surface area contributed by atoms with Crippen LogP contribution in [-0.4, -0.2) is 29.7 Å². The number of aliphatic hydroxyl groups excluding tert-OH is 1. The van der Waals surface area contributed by atoms with E-state index in [-0.39, 0.29) is 5.56 Å². The van der Waals surface area contributed by atoms with Crippen LogP contribution in [-0.2, 0) is 9.53 Å². The van der Waals surface area contributed by atoms with Gasteiger partial charge in [-0.2, -0.15) is 0 Å². The summed E-state index contributed by atoms with van der Waals surface area (Å²) in [5, 5.41) is 8.57. The van der Waals surface area contributed by atoms with Gasteiger partial charge >= 0.3 is 11.9 Å². The third-order valence-corrected chi connectivity index (χ3v) is 1.84. The molecule has 6 heteroatoms. The lowest BCUT2D eigenvalue weighted by Gasteiger charge is -2.07. The smallest absolute Gasteiger partial charge is 0.345 e. The summed E-state index contributed by atoms with van der Waals surface area (Å²) < 4.78 is 4.43. The second-order valence-corrected chi connectivity index (χ2v) is 3.12. The normalized spacial score (nSPS) is 11.9. The van der Waals surface area contributed by atoms with Crippen LogP contribution in [0.2, 0.25) is 0 Å². The molecule has 0 saturated carbocycles. The fourth-order valence-corrected chi connectivity index (χ4v) is 0.920. The van der Waals surface area contributed by atoms with Crippen LogP contribution in [0.25, 0.3) is 0 Å². The van der Waals surface area contributed by atoms with Crippen molar-refractivity contribution in [1.82, 2.24) is 0 Å². The molecule has 0 saturated heterocycles. The Labute approximate surface area is 91.8 Å². The summed E-state index contributed by atoms with van der Waals surface area (Å²) in [5.74, 6) is -1.79. The second-order valence-electron chi connectivity index (χ2n) is 3.12. The Balaban J connectivity index is 2.66. The van der Waals surface area contributed by atoms with E-state index in [9.17, 15) is 9.59 Å². The molecule has 0 fully saturated rings. The zero-order chi connectivity index (χ0) is 12.1. The van der Waals surface area contributed by atoms with Crippen LogP contribution in [0.5, 0.6) is 0 Å². The quantitative estimate of drug-likeness (QED) is 0.354. The topological polar surface area (TPSA) is 116 Å². The molecule has 0 amide bonds. The van der Waals surface area contributed by atoms with E-state index in [1.165, 1.54) is 24.3 Å². The molecule has 0 heterocycles. The molecular formula is C10H12N2O4. The monoisotopic (exact) mass is 224 g/mol. The first kappa shape index (κ1) is 12.2. The van der Waals surface area contributed by atoms with Crippen LogP contribution >= 0.6 is 0 Å². The van der Waals surface area contributed by atoms with Gasteiger partial charge in [0.05, 0.1) is 12.2 Å². The average molecular weight is 224 g/mol. The van der Waals surface area contributed by atoms with E-state index in [0.29, 0.717) is 5.69 Å². The molecule has 0 bridgehead atoms. The number of carbonyl (C=O) groups excluding carboxylic acids is 2. The lowest BCUT2D eigenvalue weighted by atomic mass is 10.2. The van der Waals surface area contributed by atoms with Gasteiger partial charge in [0.2, 0.25) is 0 Å². The number of benzene rings is 1. The van der Waals surface area contributed by atoms with Crippen LogP contribution < -0.4 is 11.5 Å². The van der Waals surface area contributed by atoms with Crippen LogP contribution in [0.3, 0.4) is 0 Å². The van der Waals surface area contributed by atoms with E-state index in [1.807, 2.05) is 0 Å². The lowest BCUT2D eigenvalue weighted by molar-refractivity contribution is -0.140. The van der Waals surface area contributed by atoms with Gasteiger partial charge in [-0.3, -0.25) is 0 Å². The summed E-state index contributed by atoms with van der Waals surface area (Å²) in [5.41, 5.74) is 11.3. The Kier molecular flexibility index (Phi) is 3.98. The van der Waals surface area contributed by atoms with E-state index in [0.717, 1.165) is 0 Å². The van der Waals surface area contributed by atoms with E-state index in [4.69, 9.17) is 16.6 Å². The van der Waals surface area contributed by atoms with Crippen LogP contribution in [0.4, 0.5) is 5.69 Å². The molecule has 5 N–H and O–H groups in total.